The van der Waals surface area contributed by atoms with E-state index in [1.54, 1.807) is 10.7 Å². The van der Waals surface area contributed by atoms with Crippen molar-refractivity contribution in [3.05, 3.63) is 106 Å². The summed E-state index contributed by atoms with van der Waals surface area (Å²) >= 11 is 1.45. The van der Waals surface area contributed by atoms with E-state index in [2.05, 4.69) is 41.5 Å². The molecule has 0 spiro atoms. The predicted octanol–water partition coefficient (Wildman–Crippen LogP) is 6.01. The summed E-state index contributed by atoms with van der Waals surface area (Å²) in [6, 6.07) is 22.5. The van der Waals surface area contributed by atoms with Crippen LogP contribution in [0.25, 0.3) is 5.70 Å². The molecule has 0 aliphatic carbocycles. The Hall–Kier alpha value is -3.58. The Bertz CT molecular complexity index is 1400. The lowest BCUT2D eigenvalue weighted by Crippen LogP contribution is -2.32. The van der Waals surface area contributed by atoms with Crippen molar-refractivity contribution < 1.29 is 9.13 Å². The first-order chi connectivity index (χ1) is 16.1. The van der Waals surface area contributed by atoms with Crippen LogP contribution in [0.3, 0.4) is 0 Å². The van der Waals surface area contributed by atoms with E-state index >= 15 is 4.39 Å². The largest absolute Gasteiger partial charge is 0.480 e. The van der Waals surface area contributed by atoms with Gasteiger partial charge in [0.1, 0.15) is 23.7 Å². The van der Waals surface area contributed by atoms with Gasteiger partial charge in [0, 0.05) is 16.7 Å². The van der Waals surface area contributed by atoms with Gasteiger partial charge in [-0.3, -0.25) is 0 Å². The van der Waals surface area contributed by atoms with Crippen molar-refractivity contribution in [3.8, 4) is 5.75 Å². The molecule has 7 heteroatoms. The van der Waals surface area contributed by atoms with Crippen LogP contribution < -0.4 is 10.1 Å². The minimum Gasteiger partial charge on any atom is -0.480 e. The van der Waals surface area contributed by atoms with Crippen molar-refractivity contribution in [2.45, 2.75) is 24.2 Å². The second-order valence-electron chi connectivity index (χ2n) is 8.15. The molecule has 3 heterocycles. The smallest absolute Gasteiger partial charge is 0.227 e. The van der Waals surface area contributed by atoms with Gasteiger partial charge in [0.15, 0.2) is 0 Å². The predicted molar refractivity (Wildman–Crippen MR) is 128 cm³/mol. The van der Waals surface area contributed by atoms with E-state index in [-0.39, 0.29) is 5.82 Å². The van der Waals surface area contributed by atoms with Crippen molar-refractivity contribution in [3.63, 3.8) is 0 Å². The lowest BCUT2D eigenvalue weighted by atomic mass is 9.84. The van der Waals surface area contributed by atoms with E-state index in [0.717, 1.165) is 28.1 Å². The lowest BCUT2D eigenvalue weighted by Gasteiger charge is -2.39. The average molecular weight is 457 g/mol. The van der Waals surface area contributed by atoms with Crippen LogP contribution in [-0.4, -0.2) is 21.0 Å². The number of fused-ring (bicyclic) bond motifs is 3. The maximum absolute atomic E-state index is 15.2. The fourth-order valence-electron chi connectivity index (χ4n) is 4.56. The van der Waals surface area contributed by atoms with Crippen molar-refractivity contribution in [1.29, 1.82) is 0 Å². The second kappa shape index (κ2) is 7.78. The van der Waals surface area contributed by atoms with E-state index < -0.39 is 12.1 Å². The molecule has 2 atom stereocenters. The molecule has 0 unspecified atom stereocenters. The van der Waals surface area contributed by atoms with Gasteiger partial charge in [-0.25, -0.2) is 9.07 Å². The summed E-state index contributed by atoms with van der Waals surface area (Å²) in [5.74, 6) is 1.08. The molecule has 0 saturated heterocycles. The molecule has 0 bridgehead atoms. The summed E-state index contributed by atoms with van der Waals surface area (Å²) in [5.41, 5.74) is 5.43. The zero-order valence-electron chi connectivity index (χ0n) is 18.1. The standard InChI is InChI=1S/C26H21FN4OS/c1-15-11-13-16(14-12-15)24-21-22(18-8-4-6-10-20(18)32-24)28-25-29-26(33-2)30-31(25)23(21)17-7-3-5-9-19(17)27/h3-14,23-24H,1-2H3,(H,28,29,30)/t23-,24-/m1/s1. The maximum atomic E-state index is 15.2. The number of aryl methyl sites for hydroxylation is 1. The van der Waals surface area contributed by atoms with Crippen molar-refractivity contribution >= 4 is 23.4 Å². The molecule has 2 aliphatic heterocycles. The van der Waals surface area contributed by atoms with Gasteiger partial charge in [-0.05, 0) is 36.9 Å². The highest BCUT2D eigenvalue weighted by atomic mass is 32.2. The Balaban J connectivity index is 1.65. The highest BCUT2D eigenvalue weighted by molar-refractivity contribution is 7.98. The molecule has 0 amide bonds. The average Bonchev–Trinajstić information content (AvgIpc) is 3.26. The van der Waals surface area contributed by atoms with Gasteiger partial charge >= 0.3 is 0 Å². The third-order valence-corrected chi connectivity index (χ3v) is 6.66. The highest BCUT2D eigenvalue weighted by Gasteiger charge is 2.42. The van der Waals surface area contributed by atoms with Gasteiger partial charge in [-0.2, -0.15) is 4.98 Å². The van der Waals surface area contributed by atoms with E-state index in [0.29, 0.717) is 16.7 Å². The molecule has 3 aromatic carbocycles. The molecule has 0 saturated carbocycles. The fourth-order valence-corrected chi connectivity index (χ4v) is 4.90. The van der Waals surface area contributed by atoms with Crippen LogP contribution in [0.5, 0.6) is 5.75 Å². The molecular weight excluding hydrogens is 435 g/mol. The third kappa shape index (κ3) is 3.23. The van der Waals surface area contributed by atoms with Crippen LogP contribution in [-0.2, 0) is 0 Å². The molecule has 0 fully saturated rings. The summed E-state index contributed by atoms with van der Waals surface area (Å²) in [6.45, 7) is 2.06. The van der Waals surface area contributed by atoms with Gasteiger partial charge in [-0.15, -0.1) is 5.10 Å². The first kappa shape index (κ1) is 20.1. The molecule has 33 heavy (non-hydrogen) atoms. The monoisotopic (exact) mass is 456 g/mol. The zero-order valence-corrected chi connectivity index (χ0v) is 18.9. The number of benzene rings is 3. The quantitative estimate of drug-likeness (QED) is 0.383. The Morgan fingerprint density at radius 2 is 1.76 bits per heavy atom. The summed E-state index contributed by atoms with van der Waals surface area (Å²) in [6.07, 6.45) is 1.52. The van der Waals surface area contributed by atoms with Crippen LogP contribution in [0, 0.1) is 12.7 Å². The second-order valence-corrected chi connectivity index (χ2v) is 8.92. The van der Waals surface area contributed by atoms with Crippen LogP contribution in [0.4, 0.5) is 10.3 Å². The summed E-state index contributed by atoms with van der Waals surface area (Å²) in [7, 11) is 0. The van der Waals surface area contributed by atoms with Crippen LogP contribution >= 0.6 is 11.8 Å². The highest BCUT2D eigenvalue weighted by Crippen LogP contribution is 2.51. The SMILES string of the molecule is CSc1nc2n(n1)[C@H](c1ccccc1F)C1=C(N2)c2ccccc2O[C@@H]1c1ccc(C)cc1. The summed E-state index contributed by atoms with van der Waals surface area (Å²) in [5, 5.41) is 8.83. The number of hydrogen-bond acceptors (Lipinski definition) is 5. The Morgan fingerprint density at radius 1 is 1.00 bits per heavy atom. The van der Waals surface area contributed by atoms with Crippen molar-refractivity contribution in [2.24, 2.45) is 0 Å². The van der Waals surface area contributed by atoms with Gasteiger partial charge in [0.05, 0.1) is 5.70 Å². The molecule has 2 aliphatic rings. The number of aromatic nitrogens is 3. The molecule has 164 valence electrons. The summed E-state index contributed by atoms with van der Waals surface area (Å²) < 4.78 is 23.6. The fraction of sp³-hybridized carbons (Fsp3) is 0.154. The van der Waals surface area contributed by atoms with Crippen molar-refractivity contribution in [2.75, 3.05) is 11.6 Å². The van der Waals surface area contributed by atoms with E-state index in [9.17, 15) is 0 Å². The van der Waals surface area contributed by atoms with Gasteiger partial charge in [0.25, 0.3) is 0 Å². The third-order valence-electron chi connectivity index (χ3n) is 6.12. The minimum atomic E-state index is -0.509. The number of para-hydroxylation sites is 1. The summed E-state index contributed by atoms with van der Waals surface area (Å²) in [4.78, 5) is 4.65. The van der Waals surface area contributed by atoms with E-state index in [1.807, 2.05) is 42.7 Å². The van der Waals surface area contributed by atoms with Crippen LogP contribution in [0.2, 0.25) is 0 Å². The zero-order chi connectivity index (χ0) is 22.5. The maximum Gasteiger partial charge on any atom is 0.227 e. The first-order valence-corrected chi connectivity index (χ1v) is 11.9. The van der Waals surface area contributed by atoms with E-state index in [1.165, 1.54) is 23.4 Å². The Morgan fingerprint density at radius 3 is 2.55 bits per heavy atom. The molecular formula is C26H21FN4OS. The number of anilines is 1. The number of nitrogens with zero attached hydrogens (tertiary/aromatic N) is 3. The molecule has 4 aromatic rings. The lowest BCUT2D eigenvalue weighted by molar-refractivity contribution is 0.222. The van der Waals surface area contributed by atoms with E-state index in [4.69, 9.17) is 9.84 Å². The topological polar surface area (TPSA) is 52.0 Å². The minimum absolute atomic E-state index is 0.287. The first-order valence-electron chi connectivity index (χ1n) is 10.7. The molecule has 1 N–H and O–H groups in total. The van der Waals surface area contributed by atoms with Crippen LogP contribution in [0.15, 0.2) is 83.5 Å². The van der Waals surface area contributed by atoms with Gasteiger partial charge < -0.3 is 10.1 Å². The number of thioether (sulfide) groups is 1. The normalized spacial score (nSPS) is 18.6. The molecule has 5 nitrogen and oxygen atoms in total. The Labute approximate surface area is 195 Å². The number of rotatable bonds is 3. The number of halogens is 1. The Kier molecular flexibility index (Phi) is 4.73. The molecule has 1 aromatic heterocycles. The number of nitrogens with one attached hydrogen (secondary N) is 1. The van der Waals surface area contributed by atoms with Gasteiger partial charge in [-0.1, -0.05) is 71.9 Å². The number of ether oxygens (including phenoxy) is 1. The van der Waals surface area contributed by atoms with Crippen molar-refractivity contribution in [1.82, 2.24) is 14.8 Å². The molecule has 0 radical (unpaired) electrons. The van der Waals surface area contributed by atoms with Crippen LogP contribution in [0.1, 0.15) is 34.4 Å². The van der Waals surface area contributed by atoms with Gasteiger partial charge in [0.2, 0.25) is 11.1 Å². The molecule has 6 rings (SSSR count). The number of hydrogen-bond donors (Lipinski definition) is 1.